The molecule has 2 aliphatic rings. The Hall–Kier alpha value is -1.17. The van der Waals surface area contributed by atoms with Crippen molar-refractivity contribution in [2.24, 2.45) is 11.8 Å². The van der Waals surface area contributed by atoms with Gasteiger partial charge in [0.1, 0.15) is 17.6 Å². The molecule has 2 bridgehead atoms. The van der Waals surface area contributed by atoms with E-state index in [1.807, 2.05) is 0 Å². The van der Waals surface area contributed by atoms with Gasteiger partial charge < -0.3 is 14.6 Å². The minimum atomic E-state index is -5.99. The van der Waals surface area contributed by atoms with Crippen LogP contribution in [0.25, 0.3) is 0 Å². The monoisotopic (exact) mass is 428 g/mol. The highest BCUT2D eigenvalue weighted by atomic mass is 19.4. The van der Waals surface area contributed by atoms with Crippen molar-refractivity contribution in [1.29, 1.82) is 0 Å². The molecule has 0 saturated carbocycles. The number of alkyl halides is 8. The van der Waals surface area contributed by atoms with Crippen LogP contribution >= 0.6 is 0 Å². The largest absolute Gasteiger partial charge is 0.456 e. The first kappa shape index (κ1) is 23.1. The van der Waals surface area contributed by atoms with Crippen LogP contribution in [0.3, 0.4) is 0 Å². The predicted octanol–water partition coefficient (Wildman–Crippen LogP) is 4.00. The number of hydrogen-bond acceptors (Lipinski definition) is 4. The first-order chi connectivity index (χ1) is 12.3. The fourth-order valence-corrected chi connectivity index (χ4v) is 3.76. The summed E-state index contributed by atoms with van der Waals surface area (Å²) in [6, 6.07) is 0. The average molecular weight is 428 g/mol. The molecule has 12 heteroatoms. The summed E-state index contributed by atoms with van der Waals surface area (Å²) in [4.78, 5) is 12.0. The second kappa shape index (κ2) is 6.68. The number of rotatable bonds is 5. The Morgan fingerprint density at radius 3 is 2.07 bits per heavy atom. The quantitative estimate of drug-likeness (QED) is 0.531. The molecule has 0 aromatic rings. The van der Waals surface area contributed by atoms with E-state index in [1.165, 1.54) is 6.92 Å². The zero-order valence-corrected chi connectivity index (χ0v) is 15.1. The van der Waals surface area contributed by atoms with E-state index in [2.05, 4.69) is 0 Å². The fourth-order valence-electron chi connectivity index (χ4n) is 3.76. The summed E-state index contributed by atoms with van der Waals surface area (Å²) in [7, 11) is 0. The van der Waals surface area contributed by atoms with Crippen molar-refractivity contribution in [1.82, 2.24) is 0 Å². The van der Waals surface area contributed by atoms with Crippen LogP contribution in [0.15, 0.2) is 0 Å². The van der Waals surface area contributed by atoms with E-state index < -0.39 is 65.9 Å². The van der Waals surface area contributed by atoms with Gasteiger partial charge in [-0.2, -0.15) is 26.3 Å². The number of fused-ring (bicyclic) bond motifs is 2. The van der Waals surface area contributed by atoms with Crippen LogP contribution in [-0.2, 0) is 14.3 Å². The summed E-state index contributed by atoms with van der Waals surface area (Å²) in [5.74, 6) is -8.09. The molecule has 2 saturated heterocycles. The van der Waals surface area contributed by atoms with Crippen LogP contribution < -0.4 is 0 Å². The number of carbonyl (C=O) groups is 1. The molecule has 5 unspecified atom stereocenters. The van der Waals surface area contributed by atoms with Crippen LogP contribution in [-0.4, -0.2) is 52.8 Å². The van der Waals surface area contributed by atoms with Crippen LogP contribution in [0.2, 0.25) is 0 Å². The highest BCUT2D eigenvalue weighted by Crippen LogP contribution is 2.54. The van der Waals surface area contributed by atoms with E-state index in [-0.39, 0.29) is 12.8 Å². The Morgan fingerprint density at radius 1 is 1.18 bits per heavy atom. The number of halogens is 8. The standard InChI is InChI=1S/C16H20F8O4/c1-7(13(3,17)18)11(25)28-12(2)6-9-4-8(10(12)27-9)5-14(26,15(19,20)21)16(22,23)24/h7-10,26H,4-6H2,1-3H3. The SMILES string of the molecule is CC(C(=O)OC1(C)CC2CC(CC(O)(C(F)(F)F)C(F)(F)F)C1O2)C(C)(F)F. The van der Waals surface area contributed by atoms with E-state index >= 15 is 0 Å². The number of carbonyl (C=O) groups excluding carboxylic acids is 1. The molecule has 4 nitrogen and oxygen atoms in total. The van der Waals surface area contributed by atoms with Gasteiger partial charge in [0.05, 0.1) is 6.10 Å². The molecule has 2 heterocycles. The molecule has 2 fully saturated rings. The summed E-state index contributed by atoms with van der Waals surface area (Å²) in [6.07, 6.45) is -16.2. The third kappa shape index (κ3) is 3.94. The van der Waals surface area contributed by atoms with E-state index in [0.29, 0.717) is 6.92 Å². The second-order valence-corrected chi connectivity index (χ2v) is 7.85. The summed E-state index contributed by atoms with van der Waals surface area (Å²) in [5.41, 5.74) is -6.64. The molecule has 2 rings (SSSR count). The van der Waals surface area contributed by atoms with Gasteiger partial charge >= 0.3 is 18.3 Å². The lowest BCUT2D eigenvalue weighted by atomic mass is 9.73. The molecule has 0 spiro atoms. The van der Waals surface area contributed by atoms with Gasteiger partial charge in [-0.05, 0) is 32.6 Å². The zero-order valence-electron chi connectivity index (χ0n) is 15.1. The lowest BCUT2D eigenvalue weighted by Crippen LogP contribution is -2.59. The number of ether oxygens (including phenoxy) is 2. The van der Waals surface area contributed by atoms with Gasteiger partial charge in [-0.15, -0.1) is 0 Å². The molecule has 1 N–H and O–H groups in total. The smallest absolute Gasteiger partial charge is 0.426 e. The summed E-state index contributed by atoms with van der Waals surface area (Å²) in [6.45, 7) is 2.58. The molecule has 0 amide bonds. The van der Waals surface area contributed by atoms with Crippen molar-refractivity contribution in [3.8, 4) is 0 Å². The normalized spacial score (nSPS) is 32.5. The van der Waals surface area contributed by atoms with Gasteiger partial charge in [-0.3, -0.25) is 4.79 Å². The summed E-state index contributed by atoms with van der Waals surface area (Å²) < 4.78 is 115. The summed E-state index contributed by atoms with van der Waals surface area (Å²) in [5, 5.41) is 9.41. The molecule has 0 aliphatic carbocycles. The molecular formula is C16H20F8O4. The van der Waals surface area contributed by atoms with E-state index in [4.69, 9.17) is 9.47 Å². The Morgan fingerprint density at radius 2 is 1.68 bits per heavy atom. The molecule has 5 atom stereocenters. The van der Waals surface area contributed by atoms with Gasteiger partial charge in [0.15, 0.2) is 0 Å². The fraction of sp³-hybridized carbons (Fsp3) is 0.938. The van der Waals surface area contributed by atoms with Crippen molar-refractivity contribution in [3.63, 3.8) is 0 Å². The van der Waals surface area contributed by atoms with Gasteiger partial charge in [0, 0.05) is 13.3 Å². The van der Waals surface area contributed by atoms with Gasteiger partial charge in [0.2, 0.25) is 0 Å². The minimum absolute atomic E-state index is 0.0572. The lowest BCUT2D eigenvalue weighted by molar-refractivity contribution is -0.373. The van der Waals surface area contributed by atoms with Crippen LogP contribution in [0.1, 0.15) is 40.0 Å². The minimum Gasteiger partial charge on any atom is -0.456 e. The zero-order chi connectivity index (χ0) is 21.9. The Labute approximate surface area is 155 Å². The van der Waals surface area contributed by atoms with E-state index in [9.17, 15) is 45.0 Å². The Kier molecular flexibility index (Phi) is 5.51. The van der Waals surface area contributed by atoms with E-state index in [0.717, 1.165) is 6.92 Å². The van der Waals surface area contributed by atoms with Crippen molar-refractivity contribution in [3.05, 3.63) is 0 Å². The molecule has 0 radical (unpaired) electrons. The topological polar surface area (TPSA) is 55.8 Å². The Bertz CT molecular complexity index is 597. The maximum atomic E-state index is 13.3. The maximum absolute atomic E-state index is 13.3. The Balaban J connectivity index is 2.22. The second-order valence-electron chi connectivity index (χ2n) is 7.85. The first-order valence-corrected chi connectivity index (χ1v) is 8.44. The summed E-state index contributed by atoms with van der Waals surface area (Å²) >= 11 is 0. The van der Waals surface area contributed by atoms with Gasteiger partial charge in [-0.1, -0.05) is 0 Å². The number of hydrogen-bond donors (Lipinski definition) is 1. The van der Waals surface area contributed by atoms with Gasteiger partial charge in [0.25, 0.3) is 11.5 Å². The molecule has 164 valence electrons. The molecular weight excluding hydrogens is 408 g/mol. The van der Waals surface area contributed by atoms with Crippen LogP contribution in [0.4, 0.5) is 35.1 Å². The highest BCUT2D eigenvalue weighted by Gasteiger charge is 2.72. The van der Waals surface area contributed by atoms with Crippen molar-refractivity contribution < 1.29 is 54.5 Å². The molecule has 28 heavy (non-hydrogen) atoms. The average Bonchev–Trinajstić information content (AvgIpc) is 2.99. The van der Waals surface area contributed by atoms with Crippen LogP contribution in [0.5, 0.6) is 0 Å². The molecule has 0 aromatic carbocycles. The molecule has 0 aromatic heterocycles. The molecule has 2 aliphatic heterocycles. The predicted molar refractivity (Wildman–Crippen MR) is 77.3 cm³/mol. The lowest BCUT2D eigenvalue weighted by Gasteiger charge is -2.40. The van der Waals surface area contributed by atoms with E-state index in [1.54, 1.807) is 0 Å². The highest BCUT2D eigenvalue weighted by molar-refractivity contribution is 5.73. The maximum Gasteiger partial charge on any atom is 0.426 e. The van der Waals surface area contributed by atoms with Crippen molar-refractivity contribution in [2.45, 2.75) is 81.7 Å². The first-order valence-electron chi connectivity index (χ1n) is 8.44. The van der Waals surface area contributed by atoms with Crippen LogP contribution in [0, 0.1) is 11.8 Å². The third-order valence-electron chi connectivity index (χ3n) is 5.51. The number of esters is 1. The van der Waals surface area contributed by atoms with Crippen molar-refractivity contribution in [2.75, 3.05) is 0 Å². The number of aliphatic hydroxyl groups is 1. The third-order valence-corrected chi connectivity index (χ3v) is 5.51. The van der Waals surface area contributed by atoms with Crippen molar-refractivity contribution >= 4 is 5.97 Å². The van der Waals surface area contributed by atoms with Gasteiger partial charge in [-0.25, -0.2) is 8.78 Å².